The summed E-state index contributed by atoms with van der Waals surface area (Å²) in [5.74, 6) is 0.363. The third-order valence-electron chi connectivity index (χ3n) is 5.15. The number of nitrogens with zero attached hydrogens (tertiary/aromatic N) is 2. The van der Waals surface area contributed by atoms with Gasteiger partial charge in [0, 0.05) is 37.0 Å². The van der Waals surface area contributed by atoms with Gasteiger partial charge >= 0.3 is 12.4 Å². The van der Waals surface area contributed by atoms with Crippen molar-refractivity contribution in [2.24, 2.45) is 0 Å². The fourth-order valence-corrected chi connectivity index (χ4v) is 3.67. The van der Waals surface area contributed by atoms with Crippen molar-refractivity contribution in [2.75, 3.05) is 24.8 Å². The lowest BCUT2D eigenvalue weighted by Gasteiger charge is -2.29. The number of carbonyl (C=O) groups is 1. The molecule has 0 radical (unpaired) electrons. The molecule has 1 heterocycles. The van der Waals surface area contributed by atoms with E-state index < -0.39 is 24.7 Å². The SMILES string of the molecule is CNc1nccc(OC2CCC(NC(=O)Nc3cc(OC(F)(F)F)cc(CO)c3OC)CC2)n1. The van der Waals surface area contributed by atoms with Crippen molar-refractivity contribution in [3.63, 3.8) is 0 Å². The van der Waals surface area contributed by atoms with Gasteiger partial charge in [-0.05, 0) is 31.7 Å². The number of hydrogen-bond donors (Lipinski definition) is 4. The molecule has 0 aliphatic heterocycles. The summed E-state index contributed by atoms with van der Waals surface area (Å²) in [5, 5.41) is 17.6. The number of anilines is 2. The van der Waals surface area contributed by atoms with E-state index in [1.165, 1.54) is 7.11 Å². The first-order chi connectivity index (χ1) is 16.2. The Morgan fingerprint density at radius 1 is 1.24 bits per heavy atom. The van der Waals surface area contributed by atoms with E-state index in [2.05, 4.69) is 30.7 Å². The molecule has 4 N–H and O–H groups in total. The Kier molecular flexibility index (Phi) is 8.21. The van der Waals surface area contributed by atoms with Crippen molar-refractivity contribution in [3.8, 4) is 17.4 Å². The summed E-state index contributed by atoms with van der Waals surface area (Å²) < 4.78 is 52.9. The fraction of sp³-hybridized carbons (Fsp3) is 0.476. The highest BCUT2D eigenvalue weighted by atomic mass is 19.4. The van der Waals surface area contributed by atoms with E-state index in [1.807, 2.05) is 0 Å². The van der Waals surface area contributed by atoms with Gasteiger partial charge in [0.25, 0.3) is 0 Å². The van der Waals surface area contributed by atoms with Gasteiger partial charge in [-0.2, -0.15) is 4.98 Å². The van der Waals surface area contributed by atoms with Crippen molar-refractivity contribution < 1.29 is 37.3 Å². The fourth-order valence-electron chi connectivity index (χ4n) is 3.67. The third-order valence-corrected chi connectivity index (χ3v) is 5.15. The Morgan fingerprint density at radius 3 is 2.59 bits per heavy atom. The molecule has 0 spiro atoms. The van der Waals surface area contributed by atoms with Crippen LogP contribution >= 0.6 is 0 Å². The molecule has 0 bridgehead atoms. The van der Waals surface area contributed by atoms with Gasteiger partial charge < -0.3 is 35.3 Å². The predicted molar refractivity (Wildman–Crippen MR) is 116 cm³/mol. The number of amides is 2. The maximum Gasteiger partial charge on any atom is 0.573 e. The summed E-state index contributed by atoms with van der Waals surface area (Å²) in [6.07, 6.45) is -0.771. The Bertz CT molecular complexity index is 984. The summed E-state index contributed by atoms with van der Waals surface area (Å²) >= 11 is 0. The minimum absolute atomic E-state index is 0.0309. The van der Waals surface area contributed by atoms with E-state index in [0.29, 0.717) is 37.5 Å². The normalized spacial score (nSPS) is 18.1. The number of rotatable bonds is 8. The molecule has 13 heteroatoms. The average molecular weight is 485 g/mol. The number of halogens is 3. The molecule has 3 rings (SSSR count). The minimum Gasteiger partial charge on any atom is -0.494 e. The van der Waals surface area contributed by atoms with Crippen LogP contribution in [0.1, 0.15) is 31.2 Å². The minimum atomic E-state index is -4.93. The molecule has 1 aromatic heterocycles. The Morgan fingerprint density at radius 2 is 1.97 bits per heavy atom. The van der Waals surface area contributed by atoms with Gasteiger partial charge in [-0.25, -0.2) is 9.78 Å². The molecule has 0 atom stereocenters. The number of aromatic nitrogens is 2. The average Bonchev–Trinajstić information content (AvgIpc) is 2.79. The first kappa shape index (κ1) is 25.1. The molecule has 186 valence electrons. The molecule has 2 amide bonds. The molecule has 34 heavy (non-hydrogen) atoms. The maximum atomic E-state index is 12.6. The van der Waals surface area contributed by atoms with Crippen LogP contribution in [-0.4, -0.2) is 53.8 Å². The number of aliphatic hydroxyl groups excluding tert-OH is 1. The van der Waals surface area contributed by atoms with Gasteiger partial charge in [-0.1, -0.05) is 0 Å². The smallest absolute Gasteiger partial charge is 0.494 e. The van der Waals surface area contributed by atoms with Crippen LogP contribution in [0.4, 0.5) is 29.6 Å². The molecule has 0 unspecified atom stereocenters. The van der Waals surface area contributed by atoms with Gasteiger partial charge in [-0.15, -0.1) is 13.2 Å². The number of hydrogen-bond acceptors (Lipinski definition) is 8. The standard InChI is InChI=1S/C21H26F3N5O5/c1-25-19-26-8-7-17(29-19)33-14-5-3-13(4-6-14)27-20(31)28-16-10-15(34-21(22,23)24)9-12(11-30)18(16)32-2/h7-10,13-14,30H,3-6,11H2,1-2H3,(H,25,26,29)(H2,27,28,31). The zero-order valence-corrected chi connectivity index (χ0v) is 18.6. The van der Waals surface area contributed by atoms with Gasteiger partial charge in [0.1, 0.15) is 17.6 Å². The van der Waals surface area contributed by atoms with Crippen molar-refractivity contribution in [3.05, 3.63) is 30.0 Å². The van der Waals surface area contributed by atoms with Crippen LogP contribution in [0.3, 0.4) is 0 Å². The van der Waals surface area contributed by atoms with E-state index in [9.17, 15) is 23.1 Å². The van der Waals surface area contributed by atoms with E-state index in [4.69, 9.17) is 9.47 Å². The van der Waals surface area contributed by atoms with Crippen molar-refractivity contribution in [2.45, 2.75) is 50.8 Å². The number of alkyl halides is 3. The number of benzene rings is 1. The van der Waals surface area contributed by atoms with Crippen LogP contribution in [-0.2, 0) is 6.61 Å². The third kappa shape index (κ3) is 7.01. The van der Waals surface area contributed by atoms with Crippen molar-refractivity contribution >= 4 is 17.7 Å². The van der Waals surface area contributed by atoms with E-state index >= 15 is 0 Å². The van der Waals surface area contributed by atoms with Crippen LogP contribution in [0.2, 0.25) is 0 Å². The van der Waals surface area contributed by atoms with Crippen molar-refractivity contribution in [1.29, 1.82) is 0 Å². The van der Waals surface area contributed by atoms with E-state index in [0.717, 1.165) is 12.1 Å². The largest absolute Gasteiger partial charge is 0.573 e. The summed E-state index contributed by atoms with van der Waals surface area (Å²) in [6, 6.07) is 2.87. The lowest BCUT2D eigenvalue weighted by Crippen LogP contribution is -2.41. The number of urea groups is 1. The number of carbonyl (C=O) groups excluding carboxylic acids is 1. The molecule has 1 aliphatic carbocycles. The Labute approximate surface area is 193 Å². The van der Waals surface area contributed by atoms with Crippen molar-refractivity contribution in [1.82, 2.24) is 15.3 Å². The lowest BCUT2D eigenvalue weighted by atomic mass is 9.93. The van der Waals surface area contributed by atoms with Crippen LogP contribution in [0, 0.1) is 0 Å². The van der Waals surface area contributed by atoms with E-state index in [-0.39, 0.29) is 29.1 Å². The molecular formula is C21H26F3N5O5. The van der Waals surface area contributed by atoms with Gasteiger partial charge in [-0.3, -0.25) is 0 Å². The summed E-state index contributed by atoms with van der Waals surface area (Å²) in [6.45, 7) is -0.610. The molecular weight excluding hydrogens is 459 g/mol. The highest BCUT2D eigenvalue weighted by Gasteiger charge is 2.32. The first-order valence-corrected chi connectivity index (χ1v) is 10.5. The zero-order valence-electron chi connectivity index (χ0n) is 18.6. The second-order valence-corrected chi connectivity index (χ2v) is 7.53. The summed E-state index contributed by atoms with van der Waals surface area (Å²) in [4.78, 5) is 20.8. The molecule has 2 aromatic rings. The maximum absolute atomic E-state index is 12.6. The lowest BCUT2D eigenvalue weighted by molar-refractivity contribution is -0.274. The predicted octanol–water partition coefficient (Wildman–Crippen LogP) is 3.43. The molecule has 0 saturated heterocycles. The number of nitrogens with one attached hydrogen (secondary N) is 3. The quantitative estimate of drug-likeness (QED) is 0.448. The number of aliphatic hydroxyl groups is 1. The van der Waals surface area contributed by atoms with Crippen LogP contribution in [0.15, 0.2) is 24.4 Å². The molecule has 1 fully saturated rings. The molecule has 1 saturated carbocycles. The van der Waals surface area contributed by atoms with Gasteiger partial charge in [0.05, 0.1) is 19.4 Å². The van der Waals surface area contributed by atoms with Crippen LogP contribution < -0.4 is 30.2 Å². The van der Waals surface area contributed by atoms with Gasteiger partial charge in [0.2, 0.25) is 11.8 Å². The highest BCUT2D eigenvalue weighted by molar-refractivity contribution is 5.91. The second-order valence-electron chi connectivity index (χ2n) is 7.53. The van der Waals surface area contributed by atoms with E-state index in [1.54, 1.807) is 19.3 Å². The van der Waals surface area contributed by atoms with Crippen LogP contribution in [0.25, 0.3) is 0 Å². The number of methoxy groups -OCH3 is 1. The Hall–Kier alpha value is -3.48. The highest BCUT2D eigenvalue weighted by Crippen LogP contribution is 2.36. The molecule has 1 aliphatic rings. The summed E-state index contributed by atoms with van der Waals surface area (Å²) in [5.41, 5.74) is -0.0322. The second kappa shape index (κ2) is 11.1. The van der Waals surface area contributed by atoms with Crippen LogP contribution in [0.5, 0.6) is 17.4 Å². The zero-order chi connectivity index (χ0) is 24.7. The monoisotopic (exact) mass is 485 g/mol. The topological polar surface area (TPSA) is 127 Å². The molecule has 10 nitrogen and oxygen atoms in total. The Balaban J connectivity index is 1.58. The number of ether oxygens (including phenoxy) is 3. The van der Waals surface area contributed by atoms with Gasteiger partial charge in [0.15, 0.2) is 0 Å². The summed E-state index contributed by atoms with van der Waals surface area (Å²) in [7, 11) is 2.99. The first-order valence-electron chi connectivity index (χ1n) is 10.5. The molecule has 1 aromatic carbocycles.